The van der Waals surface area contributed by atoms with Gasteiger partial charge in [0.05, 0.1) is 20.8 Å². The molecular formula is C15H24IN3O3S. The first-order chi connectivity index (χ1) is 10.7. The number of halogens is 1. The molecule has 1 fully saturated rings. The number of ether oxygens (including phenoxy) is 2. The van der Waals surface area contributed by atoms with Gasteiger partial charge in [-0.1, -0.05) is 0 Å². The highest BCUT2D eigenvalue weighted by atomic mass is 127. The Labute approximate surface area is 158 Å². The molecule has 1 aliphatic heterocycles. The molecule has 0 amide bonds. The summed E-state index contributed by atoms with van der Waals surface area (Å²) in [7, 11) is 3.16. The summed E-state index contributed by atoms with van der Waals surface area (Å²) < 4.78 is 10.5. The van der Waals surface area contributed by atoms with Crippen molar-refractivity contribution in [2.45, 2.75) is 6.10 Å². The number of hydrogen-bond donors (Lipinski definition) is 2. The Hall–Kier alpha value is -0.870. The summed E-state index contributed by atoms with van der Waals surface area (Å²) in [5.74, 6) is 3.88. The number of rotatable bonds is 5. The van der Waals surface area contributed by atoms with Crippen LogP contribution in [0, 0.1) is 0 Å². The lowest BCUT2D eigenvalue weighted by Crippen LogP contribution is -2.42. The Morgan fingerprint density at radius 2 is 2.04 bits per heavy atom. The first kappa shape index (κ1) is 20.2. The van der Waals surface area contributed by atoms with Gasteiger partial charge in [0.2, 0.25) is 0 Å². The van der Waals surface area contributed by atoms with E-state index in [1.54, 1.807) is 32.4 Å². The van der Waals surface area contributed by atoms with E-state index in [1.807, 2.05) is 16.7 Å². The molecule has 0 spiro atoms. The maximum Gasteiger partial charge on any atom is 0.191 e. The van der Waals surface area contributed by atoms with Gasteiger partial charge < -0.3 is 25.2 Å². The molecule has 1 saturated heterocycles. The minimum atomic E-state index is -0.789. The number of nitrogens with two attached hydrogens (primary N) is 1. The number of benzene rings is 1. The second kappa shape index (κ2) is 10.1. The van der Waals surface area contributed by atoms with Crippen molar-refractivity contribution in [3.63, 3.8) is 0 Å². The fourth-order valence-electron chi connectivity index (χ4n) is 2.27. The normalized spacial score (nSPS) is 16.5. The van der Waals surface area contributed by atoms with E-state index in [-0.39, 0.29) is 30.5 Å². The van der Waals surface area contributed by atoms with Gasteiger partial charge in [0, 0.05) is 30.2 Å². The Morgan fingerprint density at radius 3 is 2.65 bits per heavy atom. The molecule has 0 aromatic heterocycles. The van der Waals surface area contributed by atoms with Crippen LogP contribution in [0.1, 0.15) is 11.7 Å². The molecule has 0 aliphatic carbocycles. The molecule has 6 nitrogen and oxygen atoms in total. The summed E-state index contributed by atoms with van der Waals surface area (Å²) >= 11 is 1.91. The van der Waals surface area contributed by atoms with E-state index in [0.717, 1.165) is 24.6 Å². The summed E-state index contributed by atoms with van der Waals surface area (Å²) in [6.07, 6.45) is -0.789. The predicted molar refractivity (Wildman–Crippen MR) is 105 cm³/mol. The zero-order valence-electron chi connectivity index (χ0n) is 13.4. The van der Waals surface area contributed by atoms with Crippen molar-refractivity contribution in [2.24, 2.45) is 10.7 Å². The molecule has 1 aromatic rings. The van der Waals surface area contributed by atoms with Gasteiger partial charge in [-0.25, -0.2) is 0 Å². The van der Waals surface area contributed by atoms with Crippen LogP contribution in [0.3, 0.4) is 0 Å². The van der Waals surface area contributed by atoms with Crippen molar-refractivity contribution in [1.29, 1.82) is 0 Å². The van der Waals surface area contributed by atoms with E-state index in [1.165, 1.54) is 0 Å². The zero-order valence-corrected chi connectivity index (χ0v) is 16.5. The third-order valence-corrected chi connectivity index (χ3v) is 4.50. The van der Waals surface area contributed by atoms with Crippen molar-refractivity contribution >= 4 is 41.7 Å². The number of aliphatic imine (C=N–C) groups is 1. The van der Waals surface area contributed by atoms with Crippen molar-refractivity contribution in [3.8, 4) is 11.5 Å². The molecule has 3 N–H and O–H groups in total. The fraction of sp³-hybridized carbons (Fsp3) is 0.533. The van der Waals surface area contributed by atoms with E-state index in [2.05, 4.69) is 4.99 Å². The van der Waals surface area contributed by atoms with Gasteiger partial charge in [-0.15, -0.1) is 24.0 Å². The van der Waals surface area contributed by atoms with E-state index in [0.29, 0.717) is 23.0 Å². The molecule has 2 rings (SSSR count). The summed E-state index contributed by atoms with van der Waals surface area (Å²) in [5.41, 5.74) is 6.65. The van der Waals surface area contributed by atoms with Crippen LogP contribution in [-0.2, 0) is 0 Å². The molecule has 1 aliphatic rings. The standard InChI is InChI=1S/C15H23N3O3S.HI/c1-20-11-3-4-14(21-2)12(9-11)13(19)10-17-15(16)18-5-7-22-8-6-18;/h3-4,9,13,19H,5-8,10H2,1-2H3,(H2,16,17);1H. The number of guanidine groups is 1. The van der Waals surface area contributed by atoms with Gasteiger partial charge in [-0.05, 0) is 18.2 Å². The third-order valence-electron chi connectivity index (χ3n) is 3.56. The Morgan fingerprint density at radius 1 is 1.35 bits per heavy atom. The predicted octanol–water partition coefficient (Wildman–Crippen LogP) is 1.72. The Kier molecular flexibility index (Phi) is 8.85. The average molecular weight is 453 g/mol. The number of thioether (sulfide) groups is 1. The monoisotopic (exact) mass is 453 g/mol. The molecular weight excluding hydrogens is 429 g/mol. The molecule has 23 heavy (non-hydrogen) atoms. The zero-order chi connectivity index (χ0) is 15.9. The van der Waals surface area contributed by atoms with Crippen molar-refractivity contribution < 1.29 is 14.6 Å². The van der Waals surface area contributed by atoms with Crippen LogP contribution in [0.15, 0.2) is 23.2 Å². The SMILES string of the molecule is COc1ccc(OC)c(C(O)CN=C(N)N2CCSCC2)c1.I. The van der Waals surface area contributed by atoms with Crippen LogP contribution in [0.25, 0.3) is 0 Å². The lowest BCUT2D eigenvalue weighted by molar-refractivity contribution is 0.181. The Bertz CT molecular complexity index is 525. The topological polar surface area (TPSA) is 80.3 Å². The van der Waals surface area contributed by atoms with Crippen LogP contribution in [-0.4, -0.2) is 61.3 Å². The van der Waals surface area contributed by atoms with E-state index in [9.17, 15) is 5.11 Å². The van der Waals surface area contributed by atoms with Crippen molar-refractivity contribution in [2.75, 3.05) is 45.4 Å². The second-order valence-electron chi connectivity index (χ2n) is 4.92. The van der Waals surface area contributed by atoms with Crippen LogP contribution < -0.4 is 15.2 Å². The molecule has 0 saturated carbocycles. The minimum absolute atomic E-state index is 0. The summed E-state index contributed by atoms with van der Waals surface area (Å²) in [6.45, 7) is 2.00. The molecule has 1 aromatic carbocycles. The summed E-state index contributed by atoms with van der Waals surface area (Å²) in [5, 5.41) is 10.4. The highest BCUT2D eigenvalue weighted by Crippen LogP contribution is 2.29. The average Bonchev–Trinajstić information content (AvgIpc) is 2.59. The molecule has 0 radical (unpaired) electrons. The van der Waals surface area contributed by atoms with E-state index < -0.39 is 6.10 Å². The minimum Gasteiger partial charge on any atom is -0.497 e. The highest BCUT2D eigenvalue weighted by Gasteiger charge is 2.16. The fourth-order valence-corrected chi connectivity index (χ4v) is 3.17. The number of aliphatic hydroxyl groups excluding tert-OH is 1. The van der Waals surface area contributed by atoms with Crippen LogP contribution in [0.4, 0.5) is 0 Å². The lowest BCUT2D eigenvalue weighted by atomic mass is 10.1. The van der Waals surface area contributed by atoms with Gasteiger partial charge in [-0.3, -0.25) is 4.99 Å². The van der Waals surface area contributed by atoms with E-state index >= 15 is 0 Å². The summed E-state index contributed by atoms with van der Waals surface area (Å²) in [4.78, 5) is 6.37. The van der Waals surface area contributed by atoms with Gasteiger partial charge >= 0.3 is 0 Å². The lowest BCUT2D eigenvalue weighted by Gasteiger charge is -2.27. The number of aliphatic hydroxyl groups is 1. The van der Waals surface area contributed by atoms with E-state index in [4.69, 9.17) is 15.2 Å². The van der Waals surface area contributed by atoms with Crippen LogP contribution >= 0.6 is 35.7 Å². The molecule has 1 atom stereocenters. The maximum atomic E-state index is 10.4. The van der Waals surface area contributed by atoms with Crippen molar-refractivity contribution in [3.05, 3.63) is 23.8 Å². The molecule has 8 heteroatoms. The van der Waals surface area contributed by atoms with Crippen molar-refractivity contribution in [1.82, 2.24) is 4.90 Å². The first-order valence-electron chi connectivity index (χ1n) is 7.18. The van der Waals surface area contributed by atoms with Gasteiger partial charge in [-0.2, -0.15) is 11.8 Å². The smallest absolute Gasteiger partial charge is 0.191 e. The maximum absolute atomic E-state index is 10.4. The number of nitrogens with zero attached hydrogens (tertiary/aromatic N) is 2. The summed E-state index contributed by atoms with van der Waals surface area (Å²) in [6, 6.07) is 5.32. The quantitative estimate of drug-likeness (QED) is 0.402. The largest absolute Gasteiger partial charge is 0.497 e. The second-order valence-corrected chi connectivity index (χ2v) is 6.15. The van der Waals surface area contributed by atoms with Gasteiger partial charge in [0.25, 0.3) is 0 Å². The third kappa shape index (κ3) is 5.61. The van der Waals surface area contributed by atoms with Crippen LogP contribution in [0.5, 0.6) is 11.5 Å². The molecule has 1 unspecified atom stereocenters. The van der Waals surface area contributed by atoms with Crippen LogP contribution in [0.2, 0.25) is 0 Å². The molecule has 130 valence electrons. The molecule has 0 bridgehead atoms. The van der Waals surface area contributed by atoms with Gasteiger partial charge in [0.15, 0.2) is 5.96 Å². The number of hydrogen-bond acceptors (Lipinski definition) is 5. The molecule has 1 heterocycles. The first-order valence-corrected chi connectivity index (χ1v) is 8.33. The number of methoxy groups -OCH3 is 2. The Balaban J connectivity index is 0.00000264. The van der Waals surface area contributed by atoms with Gasteiger partial charge in [0.1, 0.15) is 17.6 Å². The highest BCUT2D eigenvalue weighted by molar-refractivity contribution is 14.0.